The number of rotatable bonds is 3. The molecular formula is C9H21N3O2S. The highest BCUT2D eigenvalue weighted by Crippen LogP contribution is 2.16. The smallest absolute Gasteiger partial charge is 0.211 e. The SMILES string of the molecule is CC(C)(CN)N1CCN(S(C)(=O)=O)CC1. The molecule has 1 saturated heterocycles. The lowest BCUT2D eigenvalue weighted by atomic mass is 10.0. The van der Waals surface area contributed by atoms with Crippen LogP contribution >= 0.6 is 0 Å². The maximum absolute atomic E-state index is 11.3. The van der Waals surface area contributed by atoms with Crippen LogP contribution in [0.25, 0.3) is 0 Å². The zero-order chi connectivity index (χ0) is 11.7. The van der Waals surface area contributed by atoms with Gasteiger partial charge in [-0.3, -0.25) is 4.90 Å². The Morgan fingerprint density at radius 2 is 1.67 bits per heavy atom. The first-order valence-electron chi connectivity index (χ1n) is 5.17. The largest absolute Gasteiger partial charge is 0.329 e. The third kappa shape index (κ3) is 3.14. The summed E-state index contributed by atoms with van der Waals surface area (Å²) in [5.41, 5.74) is 5.65. The zero-order valence-electron chi connectivity index (χ0n) is 9.73. The average Bonchev–Trinajstić information content (AvgIpc) is 2.17. The number of nitrogens with two attached hydrogens (primary N) is 1. The third-order valence-electron chi connectivity index (χ3n) is 3.06. The Labute approximate surface area is 92.3 Å². The molecule has 6 heteroatoms. The topological polar surface area (TPSA) is 66.6 Å². The van der Waals surface area contributed by atoms with Crippen LogP contribution in [0.1, 0.15) is 13.8 Å². The Balaban J connectivity index is 2.57. The maximum atomic E-state index is 11.3. The van der Waals surface area contributed by atoms with E-state index < -0.39 is 10.0 Å². The van der Waals surface area contributed by atoms with Crippen molar-refractivity contribution in [2.75, 3.05) is 39.0 Å². The second kappa shape index (κ2) is 4.37. The van der Waals surface area contributed by atoms with Gasteiger partial charge in [-0.05, 0) is 13.8 Å². The first-order chi connectivity index (χ1) is 6.77. The van der Waals surface area contributed by atoms with Crippen LogP contribution < -0.4 is 5.73 Å². The lowest BCUT2D eigenvalue weighted by Crippen LogP contribution is -2.58. The molecule has 1 heterocycles. The van der Waals surface area contributed by atoms with Crippen molar-refractivity contribution in [1.82, 2.24) is 9.21 Å². The fourth-order valence-electron chi connectivity index (χ4n) is 1.75. The summed E-state index contributed by atoms with van der Waals surface area (Å²) in [5, 5.41) is 0. The molecule has 15 heavy (non-hydrogen) atoms. The molecule has 0 atom stereocenters. The van der Waals surface area contributed by atoms with Gasteiger partial charge in [0.25, 0.3) is 0 Å². The molecule has 1 rings (SSSR count). The Morgan fingerprint density at radius 3 is 2.00 bits per heavy atom. The molecule has 2 N–H and O–H groups in total. The van der Waals surface area contributed by atoms with E-state index in [2.05, 4.69) is 18.7 Å². The van der Waals surface area contributed by atoms with E-state index in [1.165, 1.54) is 10.6 Å². The zero-order valence-corrected chi connectivity index (χ0v) is 10.5. The Morgan fingerprint density at radius 1 is 1.20 bits per heavy atom. The van der Waals surface area contributed by atoms with Gasteiger partial charge in [-0.1, -0.05) is 0 Å². The van der Waals surface area contributed by atoms with Gasteiger partial charge in [0.05, 0.1) is 6.26 Å². The third-order valence-corrected chi connectivity index (χ3v) is 4.37. The molecule has 0 aliphatic carbocycles. The van der Waals surface area contributed by atoms with Crippen molar-refractivity contribution in [2.24, 2.45) is 5.73 Å². The summed E-state index contributed by atoms with van der Waals surface area (Å²) in [6.07, 6.45) is 1.26. The number of hydrogen-bond acceptors (Lipinski definition) is 4. The number of piperazine rings is 1. The fourth-order valence-corrected chi connectivity index (χ4v) is 2.58. The Kier molecular flexibility index (Phi) is 3.76. The monoisotopic (exact) mass is 235 g/mol. The summed E-state index contributed by atoms with van der Waals surface area (Å²) in [5.74, 6) is 0. The molecule has 5 nitrogen and oxygen atoms in total. The van der Waals surface area contributed by atoms with Crippen LogP contribution in [0.2, 0.25) is 0 Å². The Bertz CT molecular complexity index is 305. The molecule has 0 radical (unpaired) electrons. The van der Waals surface area contributed by atoms with Gasteiger partial charge in [0.2, 0.25) is 10.0 Å². The molecule has 0 spiro atoms. The van der Waals surface area contributed by atoms with Gasteiger partial charge in [-0.15, -0.1) is 0 Å². The minimum absolute atomic E-state index is 0.0381. The molecule has 0 saturated carbocycles. The first kappa shape index (κ1) is 12.9. The van der Waals surface area contributed by atoms with Crippen LogP contribution in [0.3, 0.4) is 0 Å². The van der Waals surface area contributed by atoms with Gasteiger partial charge in [0, 0.05) is 38.3 Å². The summed E-state index contributed by atoms with van der Waals surface area (Å²) >= 11 is 0. The van der Waals surface area contributed by atoms with E-state index in [0.29, 0.717) is 19.6 Å². The summed E-state index contributed by atoms with van der Waals surface area (Å²) in [6, 6.07) is 0. The minimum atomic E-state index is -3.03. The fraction of sp³-hybridized carbons (Fsp3) is 1.00. The van der Waals surface area contributed by atoms with Crippen molar-refractivity contribution in [3.8, 4) is 0 Å². The van der Waals surface area contributed by atoms with Gasteiger partial charge >= 0.3 is 0 Å². The molecule has 0 aromatic carbocycles. The van der Waals surface area contributed by atoms with E-state index in [-0.39, 0.29) is 5.54 Å². The number of sulfonamides is 1. The summed E-state index contributed by atoms with van der Waals surface area (Å²) in [6.45, 7) is 7.43. The average molecular weight is 235 g/mol. The van der Waals surface area contributed by atoms with Crippen molar-refractivity contribution >= 4 is 10.0 Å². The van der Waals surface area contributed by atoms with E-state index in [4.69, 9.17) is 5.73 Å². The molecule has 1 aliphatic rings. The highest BCUT2D eigenvalue weighted by Gasteiger charge is 2.31. The van der Waals surface area contributed by atoms with E-state index in [0.717, 1.165) is 13.1 Å². The van der Waals surface area contributed by atoms with Crippen LogP contribution in [-0.4, -0.2) is 62.1 Å². The number of nitrogens with zero attached hydrogens (tertiary/aromatic N) is 2. The van der Waals surface area contributed by atoms with Crippen LogP contribution in [0.4, 0.5) is 0 Å². The standard InChI is InChI=1S/C9H21N3O2S/c1-9(2,8-10)11-4-6-12(7-5-11)15(3,13)14/h4-8,10H2,1-3H3. The van der Waals surface area contributed by atoms with Crippen LogP contribution in [-0.2, 0) is 10.0 Å². The van der Waals surface area contributed by atoms with Gasteiger partial charge in [0.15, 0.2) is 0 Å². The number of hydrogen-bond donors (Lipinski definition) is 1. The molecule has 0 aromatic heterocycles. The summed E-state index contributed by atoms with van der Waals surface area (Å²) in [7, 11) is -3.03. The molecular weight excluding hydrogens is 214 g/mol. The highest BCUT2D eigenvalue weighted by molar-refractivity contribution is 7.88. The van der Waals surface area contributed by atoms with Crippen molar-refractivity contribution in [2.45, 2.75) is 19.4 Å². The highest BCUT2D eigenvalue weighted by atomic mass is 32.2. The van der Waals surface area contributed by atoms with E-state index in [1.807, 2.05) is 0 Å². The van der Waals surface area contributed by atoms with Gasteiger partial charge < -0.3 is 5.73 Å². The molecule has 90 valence electrons. The Hall–Kier alpha value is -0.170. The molecule has 0 bridgehead atoms. The predicted molar refractivity (Wildman–Crippen MR) is 61.1 cm³/mol. The van der Waals surface area contributed by atoms with Crippen LogP contribution in [0.5, 0.6) is 0 Å². The van der Waals surface area contributed by atoms with E-state index in [1.54, 1.807) is 0 Å². The quantitative estimate of drug-likeness (QED) is 0.702. The molecule has 0 amide bonds. The summed E-state index contributed by atoms with van der Waals surface area (Å²) < 4.78 is 24.1. The first-order valence-corrected chi connectivity index (χ1v) is 7.02. The van der Waals surface area contributed by atoms with Gasteiger partial charge in [-0.25, -0.2) is 8.42 Å². The molecule has 1 fully saturated rings. The predicted octanol–water partition coefficient (Wildman–Crippen LogP) is -0.699. The van der Waals surface area contributed by atoms with Crippen LogP contribution in [0, 0.1) is 0 Å². The second-order valence-electron chi connectivity index (χ2n) is 4.67. The molecule has 1 aliphatic heterocycles. The van der Waals surface area contributed by atoms with Gasteiger partial charge in [0.1, 0.15) is 0 Å². The maximum Gasteiger partial charge on any atom is 0.211 e. The van der Waals surface area contributed by atoms with Crippen molar-refractivity contribution < 1.29 is 8.42 Å². The van der Waals surface area contributed by atoms with E-state index in [9.17, 15) is 8.42 Å². The molecule has 0 aromatic rings. The van der Waals surface area contributed by atoms with Crippen LogP contribution in [0.15, 0.2) is 0 Å². The van der Waals surface area contributed by atoms with Crippen molar-refractivity contribution in [3.63, 3.8) is 0 Å². The normalized spacial score (nSPS) is 21.9. The van der Waals surface area contributed by atoms with Gasteiger partial charge in [-0.2, -0.15) is 4.31 Å². The lowest BCUT2D eigenvalue weighted by Gasteiger charge is -2.42. The minimum Gasteiger partial charge on any atom is -0.329 e. The second-order valence-corrected chi connectivity index (χ2v) is 6.65. The van der Waals surface area contributed by atoms with Crippen molar-refractivity contribution in [3.05, 3.63) is 0 Å². The lowest BCUT2D eigenvalue weighted by molar-refractivity contribution is 0.0852. The molecule has 0 unspecified atom stereocenters. The van der Waals surface area contributed by atoms with E-state index >= 15 is 0 Å². The van der Waals surface area contributed by atoms with Crippen molar-refractivity contribution in [1.29, 1.82) is 0 Å². The summed E-state index contributed by atoms with van der Waals surface area (Å²) in [4.78, 5) is 2.24.